The van der Waals surface area contributed by atoms with E-state index in [4.69, 9.17) is 14.2 Å². The van der Waals surface area contributed by atoms with Crippen LogP contribution in [-0.2, 0) is 0 Å². The number of ether oxygens (including phenoxy) is 3. The molecule has 4 aromatic rings. The highest BCUT2D eigenvalue weighted by Gasteiger charge is 2.25. The van der Waals surface area contributed by atoms with Crippen LogP contribution in [0, 0.1) is 11.6 Å². The Hall–Kier alpha value is -3.96. The molecule has 1 aliphatic rings. The van der Waals surface area contributed by atoms with Gasteiger partial charge in [0.05, 0.1) is 57.7 Å². The summed E-state index contributed by atoms with van der Waals surface area (Å²) in [6.07, 6.45) is 12.6. The van der Waals surface area contributed by atoms with E-state index in [1.165, 1.54) is 80.2 Å². The Morgan fingerprint density at radius 1 is 0.774 bits per heavy atom. The van der Waals surface area contributed by atoms with Crippen molar-refractivity contribution >= 4 is 22.5 Å². The molecule has 0 bridgehead atoms. The minimum Gasteiger partial charge on any atom is -1.00 e. The molecule has 0 radical (unpaired) electrons. The third-order valence-electron chi connectivity index (χ3n) is 9.95. The summed E-state index contributed by atoms with van der Waals surface area (Å²) < 4.78 is 49.2. The third-order valence-corrected chi connectivity index (χ3v) is 9.95. The van der Waals surface area contributed by atoms with Crippen LogP contribution in [0.5, 0.6) is 17.2 Å². The maximum absolute atomic E-state index is 14.2. The van der Waals surface area contributed by atoms with Crippen molar-refractivity contribution in [2.45, 2.75) is 78.6 Å². The number of piperidine rings is 1. The molecule has 1 aromatic heterocycles. The minimum atomic E-state index is -0.820. The molecule has 3 aromatic carbocycles. The molecular formula is C42H54BrF2N3O5. The van der Waals surface area contributed by atoms with E-state index in [2.05, 4.69) is 7.05 Å². The van der Waals surface area contributed by atoms with Crippen LogP contribution in [0.25, 0.3) is 16.6 Å². The number of carbonyl (C=O) groups is 1. The van der Waals surface area contributed by atoms with Crippen molar-refractivity contribution in [1.82, 2.24) is 4.57 Å². The molecule has 53 heavy (non-hydrogen) atoms. The molecule has 11 heteroatoms. The number of unbranched alkanes of at least 4 members (excludes halogenated alkanes) is 5. The summed E-state index contributed by atoms with van der Waals surface area (Å²) >= 11 is 0. The van der Waals surface area contributed by atoms with Crippen LogP contribution in [0.1, 0.15) is 88.9 Å². The zero-order valence-corrected chi connectivity index (χ0v) is 33.2. The van der Waals surface area contributed by atoms with Crippen molar-refractivity contribution in [3.63, 3.8) is 0 Å². The molecule has 288 valence electrons. The van der Waals surface area contributed by atoms with Gasteiger partial charge < -0.3 is 45.1 Å². The van der Waals surface area contributed by atoms with Gasteiger partial charge in [0, 0.05) is 54.1 Å². The first-order valence-corrected chi connectivity index (χ1v) is 19.0. The van der Waals surface area contributed by atoms with E-state index in [-0.39, 0.29) is 34.8 Å². The van der Waals surface area contributed by atoms with Gasteiger partial charge in [-0.2, -0.15) is 0 Å². The highest BCUT2D eigenvalue weighted by molar-refractivity contribution is 6.07. The smallest absolute Gasteiger partial charge is 0.263 e. The Balaban J connectivity index is 0.00000627. The first-order valence-electron chi connectivity index (χ1n) is 19.0. The first-order chi connectivity index (χ1) is 25.1. The maximum Gasteiger partial charge on any atom is 0.263 e. The Labute approximate surface area is 323 Å². The van der Waals surface area contributed by atoms with Gasteiger partial charge in [-0.25, -0.2) is 8.78 Å². The molecule has 2 heterocycles. The number of likely N-dealkylation sites (tertiary alicyclic amines) is 1. The SMILES string of the molecule is CCOc1cc(OCC)cc(-n2cc(C(=O)N(CC)c3cc(F)cc(F)c3)c(=O)c3ccc(OCCCCCCCC[N+]4(C)CCCCC4)cc32)c1.[Br-]. The lowest BCUT2D eigenvalue weighted by Crippen LogP contribution is -3.00. The molecule has 0 aliphatic carbocycles. The van der Waals surface area contributed by atoms with Crippen molar-refractivity contribution in [2.24, 2.45) is 0 Å². The highest BCUT2D eigenvalue weighted by Crippen LogP contribution is 2.30. The van der Waals surface area contributed by atoms with Gasteiger partial charge in [-0.15, -0.1) is 0 Å². The van der Waals surface area contributed by atoms with Gasteiger partial charge in [0.2, 0.25) is 5.43 Å². The lowest BCUT2D eigenvalue weighted by molar-refractivity contribution is -0.914. The summed E-state index contributed by atoms with van der Waals surface area (Å²) in [5.74, 6) is -0.595. The Morgan fingerprint density at radius 2 is 1.40 bits per heavy atom. The molecule has 1 fully saturated rings. The number of benzene rings is 3. The highest BCUT2D eigenvalue weighted by atomic mass is 79.9. The van der Waals surface area contributed by atoms with Gasteiger partial charge in [-0.3, -0.25) is 9.59 Å². The van der Waals surface area contributed by atoms with Crippen LogP contribution in [0.15, 0.2) is 65.6 Å². The number of quaternary nitrogens is 1. The fraction of sp³-hybridized carbons (Fsp3) is 0.476. The quantitative estimate of drug-likeness (QED) is 0.0902. The fourth-order valence-corrected chi connectivity index (χ4v) is 7.23. The second-order valence-electron chi connectivity index (χ2n) is 13.9. The molecule has 5 rings (SSSR count). The fourth-order valence-electron chi connectivity index (χ4n) is 7.23. The molecule has 1 aliphatic heterocycles. The molecule has 8 nitrogen and oxygen atoms in total. The number of hydrogen-bond acceptors (Lipinski definition) is 5. The van der Waals surface area contributed by atoms with Crippen LogP contribution in [0.3, 0.4) is 0 Å². The average molecular weight is 799 g/mol. The second-order valence-corrected chi connectivity index (χ2v) is 13.9. The Morgan fingerprint density at radius 3 is 2.02 bits per heavy atom. The minimum absolute atomic E-state index is 0. The summed E-state index contributed by atoms with van der Waals surface area (Å²) in [4.78, 5) is 29.2. The van der Waals surface area contributed by atoms with Gasteiger partial charge in [0.1, 0.15) is 34.4 Å². The van der Waals surface area contributed by atoms with Crippen LogP contribution in [0.2, 0.25) is 0 Å². The first kappa shape index (κ1) is 41.8. The lowest BCUT2D eigenvalue weighted by Gasteiger charge is -2.37. The number of halogens is 3. The van der Waals surface area contributed by atoms with E-state index in [1.54, 1.807) is 29.7 Å². The Kier molecular flexibility index (Phi) is 15.7. The molecule has 0 unspecified atom stereocenters. The van der Waals surface area contributed by atoms with E-state index in [9.17, 15) is 18.4 Å². The van der Waals surface area contributed by atoms with Gasteiger partial charge in [-0.05, 0) is 83.6 Å². The molecule has 1 amide bonds. The largest absolute Gasteiger partial charge is 1.00 e. The van der Waals surface area contributed by atoms with E-state index in [0.717, 1.165) is 31.0 Å². The predicted molar refractivity (Wildman–Crippen MR) is 203 cm³/mol. The van der Waals surface area contributed by atoms with Crippen molar-refractivity contribution in [3.8, 4) is 22.9 Å². The van der Waals surface area contributed by atoms with E-state index < -0.39 is 23.0 Å². The third kappa shape index (κ3) is 11.0. The Bertz CT molecular complexity index is 1830. The molecule has 1 saturated heterocycles. The zero-order valence-electron chi connectivity index (χ0n) is 31.6. The number of pyridine rings is 1. The molecular weight excluding hydrogens is 744 g/mol. The number of fused-ring (bicyclic) bond motifs is 1. The summed E-state index contributed by atoms with van der Waals surface area (Å²) in [6.45, 7) is 10.9. The molecule has 0 atom stereocenters. The number of carbonyl (C=O) groups excluding carboxylic acids is 1. The van der Waals surface area contributed by atoms with Gasteiger partial charge >= 0.3 is 0 Å². The lowest BCUT2D eigenvalue weighted by atomic mass is 10.1. The van der Waals surface area contributed by atoms with E-state index >= 15 is 0 Å². The normalized spacial score (nSPS) is 13.7. The van der Waals surface area contributed by atoms with Crippen molar-refractivity contribution in [1.29, 1.82) is 0 Å². The summed E-state index contributed by atoms with van der Waals surface area (Å²) in [5, 5.41) is 0.292. The summed E-state index contributed by atoms with van der Waals surface area (Å²) in [7, 11) is 2.41. The predicted octanol–water partition coefficient (Wildman–Crippen LogP) is 6.09. The summed E-state index contributed by atoms with van der Waals surface area (Å²) in [5.41, 5.74) is 0.492. The number of rotatable bonds is 18. The van der Waals surface area contributed by atoms with Crippen LogP contribution >= 0.6 is 0 Å². The monoisotopic (exact) mass is 797 g/mol. The van der Waals surface area contributed by atoms with Crippen molar-refractivity contribution in [2.75, 3.05) is 57.9 Å². The van der Waals surface area contributed by atoms with Crippen LogP contribution in [-0.4, -0.2) is 68.0 Å². The summed E-state index contributed by atoms with van der Waals surface area (Å²) in [6, 6.07) is 13.5. The number of hydrogen-bond donors (Lipinski definition) is 0. The van der Waals surface area contributed by atoms with Crippen LogP contribution in [0.4, 0.5) is 14.5 Å². The number of aromatic nitrogens is 1. The van der Waals surface area contributed by atoms with E-state index in [1.807, 2.05) is 32.0 Å². The average Bonchev–Trinajstić information content (AvgIpc) is 3.11. The standard InChI is InChI=1S/C42H54F2N3O5.BrH/c1-5-45(33-24-31(43)23-32(44)25-33)42(49)39-30-46(34-26-36(50-6-2)28-37(27-34)51-7-3)40-29-35(17-18-38(40)41(39)48)52-22-16-11-9-8-10-13-19-47(4)20-14-12-15-21-47;/h17-18,23-30H,5-16,19-22H2,1-4H3;1H/q+1;/p-1. The van der Waals surface area contributed by atoms with Gasteiger partial charge in [-0.1, -0.05) is 19.3 Å². The zero-order chi connectivity index (χ0) is 37.1. The van der Waals surface area contributed by atoms with Crippen molar-refractivity contribution < 1.29 is 49.3 Å². The number of nitrogens with zero attached hydrogens (tertiary/aromatic N) is 3. The second kappa shape index (κ2) is 19.9. The number of amides is 1. The van der Waals surface area contributed by atoms with Crippen molar-refractivity contribution in [3.05, 3.63) is 88.2 Å². The molecule has 0 spiro atoms. The van der Waals surface area contributed by atoms with E-state index in [0.29, 0.717) is 53.7 Å². The molecule has 0 N–H and O–H groups in total. The van der Waals surface area contributed by atoms with Gasteiger partial charge in [0.15, 0.2) is 0 Å². The maximum atomic E-state index is 14.2. The number of anilines is 1. The topological polar surface area (TPSA) is 70.0 Å². The van der Waals surface area contributed by atoms with Gasteiger partial charge in [0.25, 0.3) is 5.91 Å². The van der Waals surface area contributed by atoms with Crippen LogP contribution < -0.4 is 41.5 Å². The molecule has 0 saturated carbocycles.